The first-order chi connectivity index (χ1) is 15.6. The third-order valence-corrected chi connectivity index (χ3v) is 5.55. The van der Waals surface area contributed by atoms with E-state index in [9.17, 15) is 8.42 Å². The second kappa shape index (κ2) is 8.85. The summed E-state index contributed by atoms with van der Waals surface area (Å²) in [4.78, 5) is 4.25. The fraction of sp³-hybridized carbons (Fsp3) is 0.273. The van der Waals surface area contributed by atoms with Crippen molar-refractivity contribution in [2.75, 3.05) is 6.26 Å². The fourth-order valence-electron chi connectivity index (χ4n) is 3.34. The molecule has 11 heteroatoms. The second-order valence-electron chi connectivity index (χ2n) is 8.15. The summed E-state index contributed by atoms with van der Waals surface area (Å²) in [7, 11) is -3.39. The number of nitrogens with one attached hydrogen (secondary N) is 1. The summed E-state index contributed by atoms with van der Waals surface area (Å²) in [6.07, 6.45) is 1.61. The van der Waals surface area contributed by atoms with Gasteiger partial charge < -0.3 is 14.7 Å². The Morgan fingerprint density at radius 2 is 1.73 bits per heavy atom. The summed E-state index contributed by atoms with van der Waals surface area (Å²) in [5.74, 6) is 1.30. The summed E-state index contributed by atoms with van der Waals surface area (Å²) in [6, 6.07) is 15.1. The third kappa shape index (κ3) is 5.69. The first-order valence-electron chi connectivity index (χ1n) is 10.2. The summed E-state index contributed by atoms with van der Waals surface area (Å²) in [6.45, 7) is 3.61. The molecule has 33 heavy (non-hydrogen) atoms. The number of nitrogens with zero attached hydrogens (tertiary/aromatic N) is 4. The minimum Gasteiger partial charge on any atom is -0.419 e. The molecule has 0 fully saturated rings. The molecule has 2 heterocycles. The van der Waals surface area contributed by atoms with Crippen LogP contribution in [0.3, 0.4) is 0 Å². The Hall–Kier alpha value is -3.41. The average molecular weight is 469 g/mol. The molecule has 3 N–H and O–H groups in total. The Bertz CT molecular complexity index is 1360. The van der Waals surface area contributed by atoms with Crippen molar-refractivity contribution in [1.82, 2.24) is 25.1 Å². The predicted octanol–water partition coefficient (Wildman–Crippen LogP) is 2.56. The fourth-order valence-corrected chi connectivity index (χ4v) is 3.76. The maximum absolute atomic E-state index is 11.6. The van der Waals surface area contributed by atoms with Crippen LogP contribution in [0.4, 0.5) is 0 Å². The topological polar surface area (TPSA) is 150 Å². The van der Waals surface area contributed by atoms with Gasteiger partial charge in [0, 0.05) is 17.7 Å². The summed E-state index contributed by atoms with van der Waals surface area (Å²) >= 11 is 0. The van der Waals surface area contributed by atoms with E-state index in [1.807, 2.05) is 37.3 Å². The number of hydrogen-bond acceptors (Lipinski definition) is 9. The molecule has 0 bridgehead atoms. The second-order valence-corrected chi connectivity index (χ2v) is 9.98. The first kappa shape index (κ1) is 22.8. The van der Waals surface area contributed by atoms with E-state index in [1.165, 1.54) is 0 Å². The molecule has 0 amide bonds. The minimum atomic E-state index is -3.39. The van der Waals surface area contributed by atoms with Crippen molar-refractivity contribution in [3.05, 3.63) is 71.4 Å². The lowest BCUT2D eigenvalue weighted by Gasteiger charge is -2.20. The van der Waals surface area contributed by atoms with Crippen molar-refractivity contribution in [2.45, 2.75) is 32.4 Å². The van der Waals surface area contributed by atoms with Crippen molar-refractivity contribution in [2.24, 2.45) is 5.73 Å². The molecule has 2 aromatic carbocycles. The van der Waals surface area contributed by atoms with Crippen molar-refractivity contribution < 1.29 is 17.4 Å². The van der Waals surface area contributed by atoms with Crippen LogP contribution in [0.5, 0.6) is 0 Å². The van der Waals surface area contributed by atoms with E-state index in [0.717, 1.165) is 11.8 Å². The number of sulfonamides is 1. The Kier molecular flexibility index (Phi) is 6.11. The molecule has 4 aromatic rings. The van der Waals surface area contributed by atoms with E-state index < -0.39 is 15.6 Å². The van der Waals surface area contributed by atoms with Gasteiger partial charge in [0.1, 0.15) is 0 Å². The van der Waals surface area contributed by atoms with E-state index in [-0.39, 0.29) is 18.3 Å². The van der Waals surface area contributed by atoms with E-state index in [0.29, 0.717) is 34.8 Å². The molecular formula is C22H24N6O4S. The normalized spacial score (nSPS) is 13.7. The molecule has 0 aliphatic rings. The Balaban J connectivity index is 1.68. The Labute approximate surface area is 191 Å². The van der Waals surface area contributed by atoms with Crippen LogP contribution in [-0.2, 0) is 28.5 Å². The highest BCUT2D eigenvalue weighted by Gasteiger charge is 2.29. The standard InChI is InChI=1S/C22H24N6O4S/c1-14-25-19(32-28-14)17-9-16(13-24-33(3,29)30)10-18(11-17)20-26-27-21(31-20)22(2,23)12-15-7-5-4-6-8-15/h4-11,24H,12-13,23H2,1-3H3/t22-/m0/s1. The van der Waals surface area contributed by atoms with Crippen molar-refractivity contribution in [1.29, 1.82) is 0 Å². The first-order valence-corrected chi connectivity index (χ1v) is 12.0. The molecule has 0 saturated carbocycles. The van der Waals surface area contributed by atoms with Gasteiger partial charge in [-0.1, -0.05) is 35.5 Å². The van der Waals surface area contributed by atoms with Gasteiger partial charge in [-0.2, -0.15) is 4.98 Å². The largest absolute Gasteiger partial charge is 0.419 e. The molecule has 0 aliphatic heterocycles. The molecule has 10 nitrogen and oxygen atoms in total. The lowest BCUT2D eigenvalue weighted by atomic mass is 9.94. The predicted molar refractivity (Wildman–Crippen MR) is 121 cm³/mol. The van der Waals surface area contributed by atoms with Crippen LogP contribution < -0.4 is 10.5 Å². The third-order valence-electron chi connectivity index (χ3n) is 4.88. The molecule has 0 unspecified atom stereocenters. The van der Waals surface area contributed by atoms with Crippen LogP contribution in [-0.4, -0.2) is 35.0 Å². The maximum atomic E-state index is 11.6. The van der Waals surface area contributed by atoms with Crippen LogP contribution in [0.1, 0.15) is 29.8 Å². The summed E-state index contributed by atoms with van der Waals surface area (Å²) in [5, 5.41) is 12.2. The highest BCUT2D eigenvalue weighted by Crippen LogP contribution is 2.29. The number of benzene rings is 2. The molecule has 2 aromatic heterocycles. The Morgan fingerprint density at radius 1 is 1.03 bits per heavy atom. The number of hydrogen-bond donors (Lipinski definition) is 2. The molecule has 0 spiro atoms. The minimum absolute atomic E-state index is 0.0659. The van der Waals surface area contributed by atoms with Crippen LogP contribution in [0, 0.1) is 6.92 Å². The SMILES string of the molecule is Cc1noc(-c2cc(CNS(C)(=O)=O)cc(-c3nnc([C@@](C)(N)Cc4ccccc4)o3)c2)n1. The zero-order valence-corrected chi connectivity index (χ0v) is 19.3. The molecule has 0 saturated heterocycles. The van der Waals surface area contributed by atoms with Gasteiger partial charge in [-0.3, -0.25) is 0 Å². The van der Waals surface area contributed by atoms with Gasteiger partial charge in [-0.15, -0.1) is 10.2 Å². The number of nitrogens with two attached hydrogens (primary N) is 1. The summed E-state index contributed by atoms with van der Waals surface area (Å²) in [5.41, 5.74) is 8.49. The molecule has 4 rings (SSSR count). The van der Waals surface area contributed by atoms with Crippen molar-refractivity contribution in [3.63, 3.8) is 0 Å². The van der Waals surface area contributed by atoms with Crippen LogP contribution in [0.25, 0.3) is 22.9 Å². The van der Waals surface area contributed by atoms with Gasteiger partial charge in [0.05, 0.1) is 11.8 Å². The number of aryl methyl sites for hydroxylation is 1. The van der Waals surface area contributed by atoms with Crippen molar-refractivity contribution in [3.8, 4) is 22.9 Å². The molecule has 172 valence electrons. The van der Waals surface area contributed by atoms with Gasteiger partial charge >= 0.3 is 0 Å². The van der Waals surface area contributed by atoms with Gasteiger partial charge in [-0.25, -0.2) is 13.1 Å². The average Bonchev–Trinajstić information content (AvgIpc) is 3.42. The van der Waals surface area contributed by atoms with E-state index in [1.54, 1.807) is 25.1 Å². The van der Waals surface area contributed by atoms with Gasteiger partial charge in [0.25, 0.3) is 5.89 Å². The zero-order valence-electron chi connectivity index (χ0n) is 18.4. The molecular weight excluding hydrogens is 444 g/mol. The highest BCUT2D eigenvalue weighted by molar-refractivity contribution is 7.88. The van der Waals surface area contributed by atoms with E-state index in [2.05, 4.69) is 25.1 Å². The van der Waals surface area contributed by atoms with Gasteiger partial charge in [0.2, 0.25) is 21.8 Å². The zero-order chi connectivity index (χ0) is 23.6. The lowest BCUT2D eigenvalue weighted by Crippen LogP contribution is -2.35. The monoisotopic (exact) mass is 468 g/mol. The van der Waals surface area contributed by atoms with Crippen LogP contribution in [0.2, 0.25) is 0 Å². The molecule has 0 radical (unpaired) electrons. The number of rotatable bonds is 8. The molecule has 1 atom stereocenters. The quantitative estimate of drug-likeness (QED) is 0.397. The maximum Gasteiger partial charge on any atom is 0.257 e. The molecule has 0 aliphatic carbocycles. The Morgan fingerprint density at radius 3 is 2.36 bits per heavy atom. The van der Waals surface area contributed by atoms with Crippen LogP contribution >= 0.6 is 0 Å². The van der Waals surface area contributed by atoms with Crippen molar-refractivity contribution >= 4 is 10.0 Å². The van der Waals surface area contributed by atoms with Crippen LogP contribution in [0.15, 0.2) is 57.5 Å². The summed E-state index contributed by atoms with van der Waals surface area (Å²) < 4.78 is 36.9. The highest BCUT2D eigenvalue weighted by atomic mass is 32.2. The van der Waals surface area contributed by atoms with E-state index >= 15 is 0 Å². The lowest BCUT2D eigenvalue weighted by molar-refractivity contribution is 0.355. The van der Waals surface area contributed by atoms with Gasteiger partial charge in [-0.05, 0) is 49.6 Å². The van der Waals surface area contributed by atoms with Gasteiger partial charge in [0.15, 0.2) is 5.82 Å². The smallest absolute Gasteiger partial charge is 0.257 e. The van der Waals surface area contributed by atoms with E-state index in [4.69, 9.17) is 14.7 Å². The number of aromatic nitrogens is 4.